The van der Waals surface area contributed by atoms with Crippen molar-refractivity contribution >= 4 is 22.5 Å². The van der Waals surface area contributed by atoms with Crippen LogP contribution in [0.15, 0.2) is 35.3 Å². The van der Waals surface area contributed by atoms with Gasteiger partial charge in [-0.05, 0) is 29.8 Å². The highest BCUT2D eigenvalue weighted by molar-refractivity contribution is 6.68. The maximum atomic E-state index is 13.2. The first-order valence-electron chi connectivity index (χ1n) is 4.72. The summed E-state index contributed by atoms with van der Waals surface area (Å²) in [6.45, 7) is 4.01. The third kappa shape index (κ3) is 1.95. The van der Waals surface area contributed by atoms with Crippen LogP contribution in [0, 0.1) is 5.82 Å². The van der Waals surface area contributed by atoms with Gasteiger partial charge in [0.25, 0.3) is 0 Å². The highest BCUT2D eigenvalue weighted by Crippen LogP contribution is 2.35. The fourth-order valence-electron chi connectivity index (χ4n) is 1.64. The van der Waals surface area contributed by atoms with Gasteiger partial charge in [-0.2, -0.15) is 0 Å². The van der Waals surface area contributed by atoms with Gasteiger partial charge >= 0.3 is 0 Å². The number of nitrogens with zero attached hydrogens (tertiary/aromatic N) is 1. The summed E-state index contributed by atoms with van der Waals surface area (Å²) in [5, 5.41) is 0.424. The molecule has 1 heterocycles. The van der Waals surface area contributed by atoms with Crippen LogP contribution in [-0.2, 0) is 5.41 Å². The fourth-order valence-corrected chi connectivity index (χ4v) is 1.80. The molecule has 0 unspecified atom stereocenters. The molecule has 0 bridgehead atoms. The van der Waals surface area contributed by atoms with E-state index in [0.29, 0.717) is 5.17 Å². The van der Waals surface area contributed by atoms with E-state index in [-0.39, 0.29) is 11.2 Å². The predicted octanol–water partition coefficient (Wildman–Crippen LogP) is 3.94. The second-order valence-corrected chi connectivity index (χ2v) is 4.54. The zero-order valence-electron chi connectivity index (χ0n) is 8.59. The van der Waals surface area contributed by atoms with E-state index in [2.05, 4.69) is 4.99 Å². The number of hydrogen-bond donors (Lipinski definition) is 0. The van der Waals surface area contributed by atoms with Gasteiger partial charge in [-0.25, -0.2) is 9.38 Å². The van der Waals surface area contributed by atoms with Crippen molar-refractivity contribution in [1.82, 2.24) is 0 Å². The van der Waals surface area contributed by atoms with Crippen LogP contribution < -0.4 is 0 Å². The normalized spacial score (nSPS) is 18.0. The molecule has 0 saturated heterocycles. The van der Waals surface area contributed by atoms with Gasteiger partial charge in [-0.3, -0.25) is 0 Å². The molecular formula is C12H11ClFN. The van der Waals surface area contributed by atoms with E-state index < -0.39 is 0 Å². The van der Waals surface area contributed by atoms with Crippen LogP contribution in [0.1, 0.15) is 19.4 Å². The van der Waals surface area contributed by atoms with E-state index in [9.17, 15) is 4.39 Å². The topological polar surface area (TPSA) is 12.4 Å². The van der Waals surface area contributed by atoms with E-state index in [4.69, 9.17) is 11.6 Å². The zero-order valence-corrected chi connectivity index (χ0v) is 9.35. The molecule has 0 aliphatic carbocycles. The smallest absolute Gasteiger partial charge is 0.129 e. The molecule has 0 spiro atoms. The maximum Gasteiger partial charge on any atom is 0.129 e. The van der Waals surface area contributed by atoms with Crippen molar-refractivity contribution in [2.24, 2.45) is 4.99 Å². The number of rotatable bonds is 0. The molecule has 0 atom stereocenters. The van der Waals surface area contributed by atoms with Crippen molar-refractivity contribution < 1.29 is 4.39 Å². The number of hydrogen-bond acceptors (Lipinski definition) is 1. The molecule has 0 radical (unpaired) electrons. The summed E-state index contributed by atoms with van der Waals surface area (Å²) in [7, 11) is 0. The summed E-state index contributed by atoms with van der Waals surface area (Å²) in [5.74, 6) is -0.247. The third-order valence-corrected chi connectivity index (χ3v) is 2.73. The molecule has 1 nitrogen and oxygen atoms in total. The molecule has 0 amide bonds. The summed E-state index contributed by atoms with van der Waals surface area (Å²) in [5.41, 5.74) is 1.34. The van der Waals surface area contributed by atoms with Gasteiger partial charge in [-0.1, -0.05) is 31.5 Å². The Kier molecular flexibility index (Phi) is 2.39. The highest BCUT2D eigenvalue weighted by atomic mass is 35.5. The summed E-state index contributed by atoms with van der Waals surface area (Å²) in [6.07, 6.45) is 3.68. The van der Waals surface area contributed by atoms with Crippen LogP contribution in [-0.4, -0.2) is 5.17 Å². The minimum absolute atomic E-state index is 0.247. The minimum Gasteiger partial charge on any atom is -0.236 e. The van der Waals surface area contributed by atoms with Gasteiger partial charge in [0, 0.05) is 5.41 Å². The minimum atomic E-state index is -0.252. The molecule has 15 heavy (non-hydrogen) atoms. The number of halogens is 2. The van der Waals surface area contributed by atoms with Crippen molar-refractivity contribution in [1.29, 1.82) is 0 Å². The molecule has 3 heteroatoms. The van der Waals surface area contributed by atoms with Crippen molar-refractivity contribution in [3.05, 3.63) is 41.7 Å². The first-order valence-corrected chi connectivity index (χ1v) is 5.10. The Balaban J connectivity index is 2.69. The lowest BCUT2D eigenvalue weighted by molar-refractivity contribution is 0.610. The van der Waals surface area contributed by atoms with Crippen LogP contribution in [0.5, 0.6) is 0 Å². The predicted molar refractivity (Wildman–Crippen MR) is 61.5 cm³/mol. The Morgan fingerprint density at radius 2 is 2.07 bits per heavy atom. The molecule has 0 saturated carbocycles. The number of allylic oxidation sites excluding steroid dienone is 2. The Labute approximate surface area is 93.3 Å². The molecule has 2 rings (SSSR count). The monoisotopic (exact) mass is 223 g/mol. The lowest BCUT2D eigenvalue weighted by atomic mass is 9.83. The van der Waals surface area contributed by atoms with E-state index in [1.165, 1.54) is 12.1 Å². The molecule has 1 aliphatic rings. The largest absolute Gasteiger partial charge is 0.236 e. The molecular weight excluding hydrogens is 213 g/mol. The molecule has 1 aromatic rings. The van der Waals surface area contributed by atoms with Crippen molar-refractivity contribution in [3.63, 3.8) is 0 Å². The standard InChI is InChI=1S/C12H11ClFN/c1-12(2)6-5-11(13)15-10-4-3-8(14)7-9(10)12/h3-7H,1-2H3. The summed E-state index contributed by atoms with van der Waals surface area (Å²) < 4.78 is 13.2. The summed E-state index contributed by atoms with van der Waals surface area (Å²) in [4.78, 5) is 4.20. The maximum absolute atomic E-state index is 13.2. The number of fused-ring (bicyclic) bond motifs is 1. The van der Waals surface area contributed by atoms with Gasteiger partial charge < -0.3 is 0 Å². The van der Waals surface area contributed by atoms with Crippen LogP contribution >= 0.6 is 11.6 Å². The average Bonchev–Trinajstić information content (AvgIpc) is 2.27. The van der Waals surface area contributed by atoms with Crippen LogP contribution in [0.4, 0.5) is 10.1 Å². The van der Waals surface area contributed by atoms with E-state index >= 15 is 0 Å². The lowest BCUT2D eigenvalue weighted by Crippen LogP contribution is -2.13. The first kappa shape index (κ1) is 10.4. The molecule has 1 aliphatic heterocycles. The van der Waals surface area contributed by atoms with Gasteiger partial charge in [-0.15, -0.1) is 0 Å². The Morgan fingerprint density at radius 3 is 2.80 bits per heavy atom. The Hall–Kier alpha value is -1.15. The molecule has 1 aromatic carbocycles. The number of benzene rings is 1. The second kappa shape index (κ2) is 3.46. The van der Waals surface area contributed by atoms with Crippen molar-refractivity contribution in [2.45, 2.75) is 19.3 Å². The van der Waals surface area contributed by atoms with Crippen LogP contribution in [0.2, 0.25) is 0 Å². The van der Waals surface area contributed by atoms with Gasteiger partial charge in [0.15, 0.2) is 0 Å². The van der Waals surface area contributed by atoms with Gasteiger partial charge in [0.2, 0.25) is 0 Å². The molecule has 0 N–H and O–H groups in total. The SMILES string of the molecule is CC1(C)C=CC(Cl)=Nc2ccc(F)cc21. The van der Waals surface area contributed by atoms with Crippen LogP contribution in [0.3, 0.4) is 0 Å². The number of aliphatic imine (C=N–C) groups is 1. The van der Waals surface area contributed by atoms with Crippen molar-refractivity contribution in [3.8, 4) is 0 Å². The fraction of sp³-hybridized carbons (Fsp3) is 0.250. The molecule has 78 valence electrons. The van der Waals surface area contributed by atoms with Crippen LogP contribution in [0.25, 0.3) is 0 Å². The van der Waals surface area contributed by atoms with E-state index in [1.54, 1.807) is 12.1 Å². The summed E-state index contributed by atoms with van der Waals surface area (Å²) >= 11 is 5.89. The third-order valence-electron chi connectivity index (χ3n) is 2.52. The van der Waals surface area contributed by atoms with E-state index in [1.807, 2.05) is 19.9 Å². The molecule has 0 fully saturated rings. The van der Waals surface area contributed by atoms with E-state index in [0.717, 1.165) is 11.3 Å². The first-order chi connectivity index (χ1) is 6.99. The lowest BCUT2D eigenvalue weighted by Gasteiger charge is -2.21. The highest BCUT2D eigenvalue weighted by Gasteiger charge is 2.23. The van der Waals surface area contributed by atoms with Crippen molar-refractivity contribution in [2.75, 3.05) is 0 Å². The van der Waals surface area contributed by atoms with Gasteiger partial charge in [0.05, 0.1) is 5.69 Å². The quantitative estimate of drug-likeness (QED) is 0.632. The second-order valence-electron chi connectivity index (χ2n) is 4.15. The summed E-state index contributed by atoms with van der Waals surface area (Å²) in [6, 6.07) is 4.56. The Bertz CT molecular complexity index is 461. The molecule has 0 aromatic heterocycles. The Morgan fingerprint density at radius 1 is 1.33 bits per heavy atom. The zero-order chi connectivity index (χ0) is 11.1. The van der Waals surface area contributed by atoms with Gasteiger partial charge in [0.1, 0.15) is 11.0 Å². The average molecular weight is 224 g/mol.